The standard InChI is InChI=1S/C18H24O3/c1-18-7-6-13-12-5-3-11(19)8-10(12)2-4-14(13)15(18)9-16(20)17(18)21/h3,5,8,13-17,19-21H,2,4,6-7,9H2,1H3/t13-,14-,15+,16-,17-,18+/m1/s1/i2D2,4D2,13D. The lowest BCUT2D eigenvalue weighted by Crippen LogP contribution is -2.44. The molecule has 1 aromatic carbocycles. The molecular formula is C18H24O3. The first kappa shape index (κ1) is 9.16. The van der Waals surface area contributed by atoms with Crippen LogP contribution in [0.25, 0.3) is 0 Å². The number of benzene rings is 1. The summed E-state index contributed by atoms with van der Waals surface area (Å²) in [4.78, 5) is 0. The summed E-state index contributed by atoms with van der Waals surface area (Å²) >= 11 is 0. The summed E-state index contributed by atoms with van der Waals surface area (Å²) in [5.74, 6) is -3.04. The Balaban J connectivity index is 1.97. The fourth-order valence-corrected chi connectivity index (χ4v) is 4.53. The van der Waals surface area contributed by atoms with Crippen molar-refractivity contribution in [2.24, 2.45) is 17.3 Å². The molecule has 0 aliphatic heterocycles. The Labute approximate surface area is 132 Å². The molecule has 21 heavy (non-hydrogen) atoms. The van der Waals surface area contributed by atoms with Crippen LogP contribution in [0.5, 0.6) is 5.75 Å². The molecule has 2 saturated carbocycles. The van der Waals surface area contributed by atoms with E-state index >= 15 is 0 Å². The summed E-state index contributed by atoms with van der Waals surface area (Å²) in [6.07, 6.45) is -5.89. The summed E-state index contributed by atoms with van der Waals surface area (Å²) in [6, 6.07) is 4.17. The number of hydrogen-bond donors (Lipinski definition) is 3. The number of rotatable bonds is 0. The van der Waals surface area contributed by atoms with Gasteiger partial charge in [-0.3, -0.25) is 0 Å². The molecule has 3 N–H and O–H groups in total. The predicted molar refractivity (Wildman–Crippen MR) is 80.1 cm³/mol. The van der Waals surface area contributed by atoms with Gasteiger partial charge in [0.25, 0.3) is 0 Å². The molecule has 3 aliphatic carbocycles. The molecule has 0 unspecified atom stereocenters. The van der Waals surface area contributed by atoms with Crippen LogP contribution in [0.4, 0.5) is 0 Å². The molecule has 0 heterocycles. The summed E-state index contributed by atoms with van der Waals surface area (Å²) in [5.41, 5.74) is -0.318. The van der Waals surface area contributed by atoms with Crippen molar-refractivity contribution in [1.29, 1.82) is 0 Å². The van der Waals surface area contributed by atoms with Gasteiger partial charge in [-0.25, -0.2) is 0 Å². The topological polar surface area (TPSA) is 60.7 Å². The van der Waals surface area contributed by atoms with Crippen LogP contribution < -0.4 is 0 Å². The quantitative estimate of drug-likeness (QED) is 0.689. The zero-order chi connectivity index (χ0) is 19.3. The van der Waals surface area contributed by atoms with Gasteiger partial charge in [0.15, 0.2) is 0 Å². The van der Waals surface area contributed by atoms with Gasteiger partial charge in [0, 0.05) is 6.85 Å². The smallest absolute Gasteiger partial charge is 0.115 e. The second-order valence-electron chi connectivity index (χ2n) is 6.86. The molecule has 3 aliphatic rings. The average Bonchev–Trinajstić information content (AvgIpc) is 2.77. The first-order valence-corrected chi connectivity index (χ1v) is 7.57. The summed E-state index contributed by atoms with van der Waals surface area (Å²) in [7, 11) is 0. The third-order valence-corrected chi connectivity index (χ3v) is 5.80. The van der Waals surface area contributed by atoms with Crippen molar-refractivity contribution in [1.82, 2.24) is 0 Å². The van der Waals surface area contributed by atoms with Crippen molar-refractivity contribution in [3.05, 3.63) is 29.3 Å². The Kier molecular flexibility index (Phi) is 1.95. The van der Waals surface area contributed by atoms with Crippen molar-refractivity contribution in [2.75, 3.05) is 0 Å². The molecule has 3 nitrogen and oxygen atoms in total. The van der Waals surface area contributed by atoms with E-state index in [2.05, 4.69) is 0 Å². The molecule has 1 aromatic rings. The molecule has 4 rings (SSSR count). The number of phenolic OH excluding ortho intramolecular Hbond substituents is 1. The molecule has 0 bridgehead atoms. The van der Waals surface area contributed by atoms with E-state index < -0.39 is 48.1 Å². The van der Waals surface area contributed by atoms with Gasteiger partial charge in [-0.1, -0.05) is 13.0 Å². The van der Waals surface area contributed by atoms with Crippen LogP contribution in [-0.2, 0) is 6.37 Å². The monoisotopic (exact) mass is 293 g/mol. The SMILES string of the molecule is [2H]C1([2H])c2cc(O)ccc2[C@@]2([2H])CC[C@]3(C)[C@H](O)[C@H](O)C[C@H]3[C@@H]2C1([2H])[2H]. The van der Waals surface area contributed by atoms with E-state index in [1.165, 1.54) is 18.2 Å². The van der Waals surface area contributed by atoms with Crippen LogP contribution >= 0.6 is 0 Å². The fraction of sp³-hybridized carbons (Fsp3) is 0.667. The Morgan fingerprint density at radius 2 is 2.19 bits per heavy atom. The van der Waals surface area contributed by atoms with Gasteiger partial charge in [0.05, 0.1) is 12.2 Å². The predicted octanol–water partition coefficient (Wildman–Crippen LogP) is 2.58. The lowest BCUT2D eigenvalue weighted by molar-refractivity contribution is -0.0505. The maximum atomic E-state index is 10.5. The Hall–Kier alpha value is -1.06. The third kappa shape index (κ3) is 1.80. The Bertz CT molecular complexity index is 769. The number of hydrogen-bond acceptors (Lipinski definition) is 3. The maximum Gasteiger partial charge on any atom is 0.115 e. The van der Waals surface area contributed by atoms with E-state index in [9.17, 15) is 16.7 Å². The highest BCUT2D eigenvalue weighted by Gasteiger charge is 2.57. The Morgan fingerprint density at radius 3 is 3.00 bits per heavy atom. The zero-order valence-corrected chi connectivity index (χ0v) is 12.0. The molecule has 114 valence electrons. The highest BCUT2D eigenvalue weighted by Crippen LogP contribution is 2.60. The summed E-state index contributed by atoms with van der Waals surface area (Å²) in [6.45, 7) is 1.82. The molecule has 6 atom stereocenters. The van der Waals surface area contributed by atoms with Crippen LogP contribution in [0.2, 0.25) is 0 Å². The summed E-state index contributed by atoms with van der Waals surface area (Å²) in [5, 5.41) is 30.6. The molecule has 0 radical (unpaired) electrons. The molecule has 3 heteroatoms. The van der Waals surface area contributed by atoms with E-state index in [1.54, 1.807) is 0 Å². The lowest BCUT2D eigenvalue weighted by Gasteiger charge is -2.49. The van der Waals surface area contributed by atoms with Crippen LogP contribution in [-0.4, -0.2) is 27.5 Å². The van der Waals surface area contributed by atoms with E-state index in [1.807, 2.05) is 6.92 Å². The van der Waals surface area contributed by atoms with Crippen molar-refractivity contribution in [3.8, 4) is 5.75 Å². The van der Waals surface area contributed by atoms with Gasteiger partial charge in [0.2, 0.25) is 0 Å². The average molecular weight is 293 g/mol. The number of aryl methyl sites for hydroxylation is 1. The summed E-state index contributed by atoms with van der Waals surface area (Å²) < 4.78 is 43.5. The zero-order valence-electron chi connectivity index (χ0n) is 17.0. The van der Waals surface area contributed by atoms with Crippen molar-refractivity contribution < 1.29 is 22.2 Å². The highest BCUT2D eigenvalue weighted by molar-refractivity contribution is 5.40. The van der Waals surface area contributed by atoms with Crippen LogP contribution in [0, 0.1) is 17.3 Å². The van der Waals surface area contributed by atoms with Crippen molar-refractivity contribution in [3.63, 3.8) is 0 Å². The number of aliphatic hydroxyl groups excluding tert-OH is 2. The van der Waals surface area contributed by atoms with Gasteiger partial charge in [-0.2, -0.15) is 0 Å². The number of fused-ring (bicyclic) bond motifs is 5. The largest absolute Gasteiger partial charge is 0.508 e. The van der Waals surface area contributed by atoms with Gasteiger partial charge in [-0.05, 0) is 78.4 Å². The second kappa shape index (κ2) is 4.47. The minimum absolute atomic E-state index is 0.0245. The van der Waals surface area contributed by atoms with Gasteiger partial charge in [-0.15, -0.1) is 0 Å². The highest BCUT2D eigenvalue weighted by atomic mass is 16.3. The minimum Gasteiger partial charge on any atom is -0.508 e. The second-order valence-corrected chi connectivity index (χ2v) is 6.86. The third-order valence-electron chi connectivity index (χ3n) is 5.80. The van der Waals surface area contributed by atoms with Crippen LogP contribution in [0.15, 0.2) is 18.2 Å². The van der Waals surface area contributed by atoms with Gasteiger partial charge in [0.1, 0.15) is 5.75 Å². The van der Waals surface area contributed by atoms with Gasteiger partial charge < -0.3 is 15.3 Å². The maximum absolute atomic E-state index is 10.5. The Morgan fingerprint density at radius 1 is 1.38 bits per heavy atom. The molecule has 0 amide bonds. The number of aliphatic hydroxyl groups is 2. The molecule has 0 aromatic heterocycles. The van der Waals surface area contributed by atoms with Crippen molar-refractivity contribution >= 4 is 0 Å². The van der Waals surface area contributed by atoms with Crippen molar-refractivity contribution in [2.45, 2.75) is 57.0 Å². The lowest BCUT2D eigenvalue weighted by atomic mass is 9.55. The van der Waals surface area contributed by atoms with E-state index in [0.29, 0.717) is 12.0 Å². The molecule has 2 fully saturated rings. The first-order chi connectivity index (χ1) is 11.9. The van der Waals surface area contributed by atoms with E-state index in [0.717, 1.165) is 0 Å². The molecule has 0 spiro atoms. The van der Waals surface area contributed by atoms with E-state index in [4.69, 9.17) is 5.48 Å². The van der Waals surface area contributed by atoms with Crippen LogP contribution in [0.1, 0.15) is 56.4 Å². The van der Waals surface area contributed by atoms with E-state index in [-0.39, 0.29) is 24.2 Å². The first-order valence-electron chi connectivity index (χ1n) is 10.1. The normalized spacial score (nSPS) is 56.6. The molecular weight excluding hydrogens is 264 g/mol. The fourth-order valence-electron chi connectivity index (χ4n) is 4.53. The number of phenols is 1. The molecule has 0 saturated heterocycles. The van der Waals surface area contributed by atoms with Crippen LogP contribution in [0.3, 0.4) is 0 Å². The number of aromatic hydroxyl groups is 1. The minimum atomic E-state index is -2.40. The van der Waals surface area contributed by atoms with Gasteiger partial charge >= 0.3 is 0 Å².